The van der Waals surface area contributed by atoms with Gasteiger partial charge in [0.15, 0.2) is 5.82 Å². The number of anilines is 1. The highest BCUT2D eigenvalue weighted by atomic mass is 35.5. The lowest BCUT2D eigenvalue weighted by molar-refractivity contribution is 0.624. The first-order chi connectivity index (χ1) is 7.75. The zero-order valence-corrected chi connectivity index (χ0v) is 10.5. The minimum Gasteiger partial charge on any atom is -0.383 e. The van der Waals surface area contributed by atoms with E-state index >= 15 is 0 Å². The molecule has 0 atom stereocenters. The van der Waals surface area contributed by atoms with Gasteiger partial charge in [-0.1, -0.05) is 50.3 Å². The van der Waals surface area contributed by atoms with Gasteiger partial charge >= 0.3 is 0 Å². The monoisotopic (exact) mass is 243 g/mol. The van der Waals surface area contributed by atoms with E-state index in [-0.39, 0.29) is 10.8 Å². The molecule has 1 nitrogen and oxygen atoms in total. The van der Waals surface area contributed by atoms with Crippen LogP contribution in [0.1, 0.15) is 39.0 Å². The van der Waals surface area contributed by atoms with Crippen LogP contribution < -0.4 is 5.32 Å². The second-order valence-corrected chi connectivity index (χ2v) is 4.35. The fourth-order valence-corrected chi connectivity index (χ4v) is 1.77. The second kappa shape index (κ2) is 7.50. The van der Waals surface area contributed by atoms with Crippen LogP contribution in [0.3, 0.4) is 0 Å². The van der Waals surface area contributed by atoms with E-state index in [9.17, 15) is 4.39 Å². The lowest BCUT2D eigenvalue weighted by Crippen LogP contribution is -2.03. The average Bonchev–Trinajstić information content (AvgIpc) is 2.29. The summed E-state index contributed by atoms with van der Waals surface area (Å²) in [5.74, 6) is -0.349. The molecule has 0 heterocycles. The third-order valence-electron chi connectivity index (χ3n) is 2.55. The number of benzene rings is 1. The highest BCUT2D eigenvalue weighted by molar-refractivity contribution is 6.31. The molecule has 0 fully saturated rings. The van der Waals surface area contributed by atoms with E-state index in [2.05, 4.69) is 12.2 Å². The Morgan fingerprint density at radius 3 is 2.69 bits per heavy atom. The van der Waals surface area contributed by atoms with Gasteiger partial charge in [0.25, 0.3) is 0 Å². The van der Waals surface area contributed by atoms with E-state index in [1.165, 1.54) is 25.7 Å². The van der Waals surface area contributed by atoms with E-state index < -0.39 is 0 Å². The van der Waals surface area contributed by atoms with E-state index in [0.717, 1.165) is 13.0 Å². The lowest BCUT2D eigenvalue weighted by Gasteiger charge is -2.07. The normalized spacial score (nSPS) is 10.4. The summed E-state index contributed by atoms with van der Waals surface area (Å²) in [7, 11) is 0. The Morgan fingerprint density at radius 1 is 1.19 bits per heavy atom. The first-order valence-corrected chi connectivity index (χ1v) is 6.31. The summed E-state index contributed by atoms with van der Waals surface area (Å²) in [4.78, 5) is 0. The number of hydrogen-bond acceptors (Lipinski definition) is 1. The van der Waals surface area contributed by atoms with E-state index in [1.54, 1.807) is 18.2 Å². The Labute approximate surface area is 102 Å². The van der Waals surface area contributed by atoms with Gasteiger partial charge in [-0.05, 0) is 18.6 Å². The highest BCUT2D eigenvalue weighted by Gasteiger charge is 2.04. The Bertz CT molecular complexity index is 315. The van der Waals surface area contributed by atoms with Crippen molar-refractivity contribution < 1.29 is 4.39 Å². The molecule has 0 unspecified atom stereocenters. The van der Waals surface area contributed by atoms with Gasteiger partial charge in [0.2, 0.25) is 0 Å². The minimum absolute atomic E-state index is 0.177. The zero-order chi connectivity index (χ0) is 11.8. The van der Waals surface area contributed by atoms with Crippen LogP contribution in [0.5, 0.6) is 0 Å². The summed E-state index contributed by atoms with van der Waals surface area (Å²) < 4.78 is 13.4. The summed E-state index contributed by atoms with van der Waals surface area (Å²) in [5.41, 5.74) is 0.503. The molecule has 0 saturated carbocycles. The van der Waals surface area contributed by atoms with Gasteiger partial charge in [0.1, 0.15) is 0 Å². The topological polar surface area (TPSA) is 12.0 Å². The van der Waals surface area contributed by atoms with Gasteiger partial charge in [-0.2, -0.15) is 0 Å². The van der Waals surface area contributed by atoms with Crippen molar-refractivity contribution in [2.45, 2.75) is 39.0 Å². The van der Waals surface area contributed by atoms with E-state index in [4.69, 9.17) is 11.6 Å². The molecular formula is C13H19ClFN. The van der Waals surface area contributed by atoms with Gasteiger partial charge in [-0.3, -0.25) is 0 Å². The number of halogens is 2. The molecule has 0 spiro atoms. The quantitative estimate of drug-likeness (QED) is 0.675. The molecule has 3 heteroatoms. The second-order valence-electron chi connectivity index (χ2n) is 3.94. The molecule has 0 radical (unpaired) electrons. The first-order valence-electron chi connectivity index (χ1n) is 5.93. The molecule has 90 valence electrons. The van der Waals surface area contributed by atoms with E-state index in [1.807, 2.05) is 0 Å². The summed E-state index contributed by atoms with van der Waals surface area (Å²) in [6, 6.07) is 5.03. The number of rotatable bonds is 7. The lowest BCUT2D eigenvalue weighted by atomic mass is 10.1. The van der Waals surface area contributed by atoms with Crippen LogP contribution in [0.15, 0.2) is 18.2 Å². The zero-order valence-electron chi connectivity index (χ0n) is 9.73. The fourth-order valence-electron chi connectivity index (χ4n) is 1.59. The van der Waals surface area contributed by atoms with Gasteiger partial charge in [0.05, 0.1) is 10.7 Å². The molecular weight excluding hydrogens is 225 g/mol. The third-order valence-corrected chi connectivity index (χ3v) is 2.84. The third kappa shape index (κ3) is 4.40. The Morgan fingerprint density at radius 2 is 1.94 bits per heavy atom. The van der Waals surface area contributed by atoms with Crippen LogP contribution in [-0.4, -0.2) is 6.54 Å². The number of unbranched alkanes of at least 4 members (excludes halogenated alkanes) is 4. The Kier molecular flexibility index (Phi) is 6.24. The van der Waals surface area contributed by atoms with Crippen LogP contribution >= 0.6 is 11.6 Å². The molecule has 1 aromatic carbocycles. The summed E-state index contributed by atoms with van der Waals surface area (Å²) in [6.45, 7) is 3.00. The average molecular weight is 244 g/mol. The van der Waals surface area contributed by atoms with Crippen molar-refractivity contribution in [3.63, 3.8) is 0 Å². The minimum atomic E-state index is -0.349. The molecule has 1 aromatic rings. The summed E-state index contributed by atoms with van der Waals surface area (Å²) >= 11 is 5.68. The molecule has 0 saturated heterocycles. The van der Waals surface area contributed by atoms with Crippen molar-refractivity contribution in [3.8, 4) is 0 Å². The van der Waals surface area contributed by atoms with Crippen LogP contribution in [0.2, 0.25) is 5.02 Å². The highest BCUT2D eigenvalue weighted by Crippen LogP contribution is 2.21. The largest absolute Gasteiger partial charge is 0.383 e. The van der Waals surface area contributed by atoms with Crippen LogP contribution in [0.25, 0.3) is 0 Å². The van der Waals surface area contributed by atoms with Crippen molar-refractivity contribution in [3.05, 3.63) is 29.0 Å². The first kappa shape index (κ1) is 13.3. The smallest absolute Gasteiger partial charge is 0.164 e. The maximum Gasteiger partial charge on any atom is 0.164 e. The maximum absolute atomic E-state index is 13.4. The molecule has 0 amide bonds. The predicted octanol–water partition coefficient (Wildman–Crippen LogP) is 4.86. The molecule has 0 aliphatic heterocycles. The van der Waals surface area contributed by atoms with Crippen LogP contribution in [-0.2, 0) is 0 Å². The van der Waals surface area contributed by atoms with Crippen LogP contribution in [0.4, 0.5) is 10.1 Å². The number of hydrogen-bond donors (Lipinski definition) is 1. The molecule has 0 aliphatic rings. The molecule has 0 aromatic heterocycles. The molecule has 0 bridgehead atoms. The van der Waals surface area contributed by atoms with Crippen LogP contribution in [0, 0.1) is 5.82 Å². The fraction of sp³-hybridized carbons (Fsp3) is 0.538. The van der Waals surface area contributed by atoms with Crippen molar-refractivity contribution in [2.75, 3.05) is 11.9 Å². The predicted molar refractivity (Wildman–Crippen MR) is 68.7 cm³/mol. The van der Waals surface area contributed by atoms with Gasteiger partial charge in [-0.15, -0.1) is 0 Å². The van der Waals surface area contributed by atoms with Crippen molar-refractivity contribution in [2.24, 2.45) is 0 Å². The molecule has 1 N–H and O–H groups in total. The molecule has 16 heavy (non-hydrogen) atoms. The number of nitrogens with one attached hydrogen (secondary N) is 1. The Hall–Kier alpha value is -0.760. The van der Waals surface area contributed by atoms with Crippen molar-refractivity contribution in [1.29, 1.82) is 0 Å². The molecule has 1 rings (SSSR count). The Balaban J connectivity index is 2.24. The summed E-state index contributed by atoms with van der Waals surface area (Å²) in [6.07, 6.45) is 6.06. The van der Waals surface area contributed by atoms with Gasteiger partial charge < -0.3 is 5.32 Å². The van der Waals surface area contributed by atoms with E-state index in [0.29, 0.717) is 5.69 Å². The van der Waals surface area contributed by atoms with Gasteiger partial charge in [-0.25, -0.2) is 4.39 Å². The van der Waals surface area contributed by atoms with Crippen molar-refractivity contribution >= 4 is 17.3 Å². The summed E-state index contributed by atoms with van der Waals surface area (Å²) in [5, 5.41) is 3.25. The van der Waals surface area contributed by atoms with Gasteiger partial charge in [0, 0.05) is 6.54 Å². The molecule has 0 aliphatic carbocycles. The standard InChI is InChI=1S/C13H19ClFN/c1-2-3-4-5-6-10-16-12-9-7-8-11(14)13(12)15/h7-9,16H,2-6,10H2,1H3. The maximum atomic E-state index is 13.4. The SMILES string of the molecule is CCCCCCCNc1cccc(Cl)c1F. The van der Waals surface area contributed by atoms with Crippen molar-refractivity contribution in [1.82, 2.24) is 0 Å².